The van der Waals surface area contributed by atoms with Gasteiger partial charge in [-0.15, -0.1) is 0 Å². The number of H-pyrrole nitrogens is 1. The van der Waals surface area contributed by atoms with Gasteiger partial charge in [0.1, 0.15) is 0 Å². The van der Waals surface area contributed by atoms with Crippen molar-refractivity contribution < 1.29 is 4.79 Å². The van der Waals surface area contributed by atoms with E-state index in [0.29, 0.717) is 6.42 Å². The van der Waals surface area contributed by atoms with E-state index >= 15 is 0 Å². The highest BCUT2D eigenvalue weighted by molar-refractivity contribution is 5.90. The second-order valence-corrected chi connectivity index (χ2v) is 6.95. The van der Waals surface area contributed by atoms with Crippen molar-refractivity contribution in [1.29, 1.82) is 0 Å². The third kappa shape index (κ3) is 4.30. The van der Waals surface area contributed by atoms with Gasteiger partial charge in [0, 0.05) is 22.6 Å². The molecular formula is C22H26N2O. The van der Waals surface area contributed by atoms with Crippen LogP contribution in [-0.2, 0) is 17.6 Å². The van der Waals surface area contributed by atoms with E-state index in [9.17, 15) is 4.79 Å². The lowest BCUT2D eigenvalue weighted by Gasteiger charge is -2.14. The molecule has 1 amide bonds. The average Bonchev–Trinajstić information content (AvgIpc) is 2.89. The van der Waals surface area contributed by atoms with Crippen LogP contribution in [-0.4, -0.2) is 16.9 Å². The monoisotopic (exact) mass is 334 g/mol. The molecule has 3 nitrogen and oxygen atoms in total. The summed E-state index contributed by atoms with van der Waals surface area (Å²) in [6.45, 7) is 6.20. The van der Waals surface area contributed by atoms with Gasteiger partial charge >= 0.3 is 0 Å². The number of fused-ring (bicyclic) bond motifs is 1. The van der Waals surface area contributed by atoms with Crippen LogP contribution in [0.15, 0.2) is 48.5 Å². The number of aryl methyl sites for hydroxylation is 3. The lowest BCUT2D eigenvalue weighted by atomic mass is 10.0. The van der Waals surface area contributed by atoms with E-state index < -0.39 is 0 Å². The SMILES string of the molecule is Cc1ccc2[nH]c(C)c(CC(=O)NC(C)CCc3ccccc3)c2c1. The molecule has 1 unspecified atom stereocenters. The number of hydrogen-bond donors (Lipinski definition) is 2. The lowest BCUT2D eigenvalue weighted by Crippen LogP contribution is -2.34. The highest BCUT2D eigenvalue weighted by Crippen LogP contribution is 2.23. The van der Waals surface area contributed by atoms with Crippen LogP contribution in [0.1, 0.15) is 35.7 Å². The van der Waals surface area contributed by atoms with Crippen LogP contribution in [0.25, 0.3) is 10.9 Å². The van der Waals surface area contributed by atoms with Gasteiger partial charge in [0.2, 0.25) is 5.91 Å². The van der Waals surface area contributed by atoms with E-state index in [2.05, 4.69) is 66.6 Å². The summed E-state index contributed by atoms with van der Waals surface area (Å²) in [6, 6.07) is 16.9. The number of benzene rings is 2. The second-order valence-electron chi connectivity index (χ2n) is 6.95. The number of hydrogen-bond acceptors (Lipinski definition) is 1. The van der Waals surface area contributed by atoms with Crippen molar-refractivity contribution in [2.45, 2.75) is 46.1 Å². The summed E-state index contributed by atoms with van der Waals surface area (Å²) in [5.74, 6) is 0.0890. The molecule has 0 aliphatic rings. The first-order valence-electron chi connectivity index (χ1n) is 8.94. The number of rotatable bonds is 6. The van der Waals surface area contributed by atoms with Crippen molar-refractivity contribution in [2.75, 3.05) is 0 Å². The van der Waals surface area contributed by atoms with Crippen LogP contribution < -0.4 is 5.32 Å². The molecule has 0 saturated heterocycles. The zero-order valence-corrected chi connectivity index (χ0v) is 15.2. The van der Waals surface area contributed by atoms with Crippen molar-refractivity contribution in [2.24, 2.45) is 0 Å². The third-order valence-corrected chi connectivity index (χ3v) is 4.73. The van der Waals surface area contributed by atoms with E-state index in [1.54, 1.807) is 0 Å². The molecule has 0 aliphatic carbocycles. The Morgan fingerprint density at radius 3 is 2.64 bits per heavy atom. The molecule has 25 heavy (non-hydrogen) atoms. The molecule has 0 aliphatic heterocycles. The lowest BCUT2D eigenvalue weighted by molar-refractivity contribution is -0.121. The smallest absolute Gasteiger partial charge is 0.224 e. The fraction of sp³-hybridized carbons (Fsp3) is 0.318. The normalized spacial score (nSPS) is 12.3. The highest BCUT2D eigenvalue weighted by atomic mass is 16.1. The van der Waals surface area contributed by atoms with Crippen LogP contribution in [0.2, 0.25) is 0 Å². The maximum Gasteiger partial charge on any atom is 0.224 e. The minimum Gasteiger partial charge on any atom is -0.358 e. The molecule has 1 heterocycles. The maximum atomic E-state index is 12.5. The Labute approximate surface area is 149 Å². The van der Waals surface area contributed by atoms with Gasteiger partial charge in [-0.1, -0.05) is 42.0 Å². The van der Waals surface area contributed by atoms with Gasteiger partial charge in [-0.05, 0) is 56.9 Å². The molecule has 0 radical (unpaired) electrons. The summed E-state index contributed by atoms with van der Waals surface area (Å²) in [5.41, 5.74) is 5.80. The molecule has 2 N–H and O–H groups in total. The molecule has 130 valence electrons. The summed E-state index contributed by atoms with van der Waals surface area (Å²) in [4.78, 5) is 15.9. The van der Waals surface area contributed by atoms with Gasteiger partial charge in [-0.25, -0.2) is 0 Å². The first-order chi connectivity index (χ1) is 12.0. The van der Waals surface area contributed by atoms with Gasteiger partial charge < -0.3 is 10.3 Å². The van der Waals surface area contributed by atoms with Crippen LogP contribution in [0.4, 0.5) is 0 Å². The summed E-state index contributed by atoms with van der Waals surface area (Å²) in [6.07, 6.45) is 2.35. The number of aromatic nitrogens is 1. The Bertz CT molecular complexity index is 864. The first-order valence-corrected chi connectivity index (χ1v) is 8.94. The number of nitrogens with one attached hydrogen (secondary N) is 2. The Balaban J connectivity index is 1.61. The standard InChI is InChI=1S/C22H26N2O/c1-15-9-12-21-20(13-15)19(17(3)24-21)14-22(25)23-16(2)10-11-18-7-5-4-6-8-18/h4-9,12-13,16,24H,10-11,14H2,1-3H3,(H,23,25). The summed E-state index contributed by atoms with van der Waals surface area (Å²) < 4.78 is 0. The van der Waals surface area contributed by atoms with Crippen molar-refractivity contribution in [3.8, 4) is 0 Å². The Morgan fingerprint density at radius 2 is 1.88 bits per heavy atom. The van der Waals surface area contributed by atoms with Crippen LogP contribution >= 0.6 is 0 Å². The van der Waals surface area contributed by atoms with Crippen molar-refractivity contribution in [3.05, 3.63) is 70.9 Å². The first kappa shape index (κ1) is 17.3. The molecule has 0 bridgehead atoms. The molecule has 2 aromatic carbocycles. The number of amides is 1. The Hall–Kier alpha value is -2.55. The molecule has 0 saturated carbocycles. The van der Waals surface area contributed by atoms with Gasteiger partial charge in [-0.2, -0.15) is 0 Å². The van der Waals surface area contributed by atoms with Crippen molar-refractivity contribution in [3.63, 3.8) is 0 Å². The quantitative estimate of drug-likeness (QED) is 0.686. The van der Waals surface area contributed by atoms with E-state index in [-0.39, 0.29) is 11.9 Å². The molecule has 3 aromatic rings. The summed E-state index contributed by atoms with van der Waals surface area (Å²) in [5, 5.41) is 4.30. The van der Waals surface area contributed by atoms with E-state index in [4.69, 9.17) is 0 Å². The summed E-state index contributed by atoms with van der Waals surface area (Å²) >= 11 is 0. The number of carbonyl (C=O) groups is 1. The zero-order valence-electron chi connectivity index (χ0n) is 15.2. The molecule has 1 atom stereocenters. The third-order valence-electron chi connectivity index (χ3n) is 4.73. The fourth-order valence-electron chi connectivity index (χ4n) is 3.31. The predicted octanol–water partition coefficient (Wildman–Crippen LogP) is 4.46. The number of carbonyl (C=O) groups excluding carboxylic acids is 1. The van der Waals surface area contributed by atoms with Gasteiger partial charge in [0.25, 0.3) is 0 Å². The Morgan fingerprint density at radius 1 is 1.12 bits per heavy atom. The minimum absolute atomic E-state index is 0.0890. The molecule has 1 aromatic heterocycles. The molecule has 0 spiro atoms. The van der Waals surface area contributed by atoms with Crippen molar-refractivity contribution in [1.82, 2.24) is 10.3 Å². The van der Waals surface area contributed by atoms with Crippen molar-refractivity contribution >= 4 is 16.8 Å². The second kappa shape index (κ2) is 7.56. The maximum absolute atomic E-state index is 12.5. The van der Waals surface area contributed by atoms with Gasteiger partial charge in [0.05, 0.1) is 6.42 Å². The minimum atomic E-state index is 0.0890. The van der Waals surface area contributed by atoms with Gasteiger partial charge in [0.15, 0.2) is 0 Å². The van der Waals surface area contributed by atoms with E-state index in [1.165, 1.54) is 11.1 Å². The Kier molecular flexibility index (Phi) is 5.22. The topological polar surface area (TPSA) is 44.9 Å². The average molecular weight is 334 g/mol. The van der Waals surface area contributed by atoms with Crippen LogP contribution in [0.3, 0.4) is 0 Å². The van der Waals surface area contributed by atoms with E-state index in [1.807, 2.05) is 13.0 Å². The molecular weight excluding hydrogens is 308 g/mol. The largest absolute Gasteiger partial charge is 0.358 e. The van der Waals surface area contributed by atoms with Crippen LogP contribution in [0, 0.1) is 13.8 Å². The fourth-order valence-corrected chi connectivity index (χ4v) is 3.31. The molecule has 3 heteroatoms. The van der Waals surface area contributed by atoms with Crippen LogP contribution in [0.5, 0.6) is 0 Å². The van der Waals surface area contributed by atoms with E-state index in [0.717, 1.165) is 35.0 Å². The highest BCUT2D eigenvalue weighted by Gasteiger charge is 2.14. The number of aromatic amines is 1. The summed E-state index contributed by atoms with van der Waals surface area (Å²) in [7, 11) is 0. The molecule has 0 fully saturated rings. The van der Waals surface area contributed by atoms with Gasteiger partial charge in [-0.3, -0.25) is 4.79 Å². The predicted molar refractivity (Wildman–Crippen MR) is 104 cm³/mol. The molecule has 3 rings (SSSR count). The zero-order chi connectivity index (χ0) is 17.8.